The molecule has 47 heavy (non-hydrogen) atoms. The van der Waals surface area contributed by atoms with Gasteiger partial charge in [0.25, 0.3) is 0 Å². The number of likely N-dealkylation sites (tertiary alicyclic amines) is 1. The third-order valence-corrected chi connectivity index (χ3v) is 10.5. The monoisotopic (exact) mass is 642 g/mol. The number of rotatable bonds is 9. The predicted molar refractivity (Wildman–Crippen MR) is 183 cm³/mol. The number of aliphatic hydroxyl groups is 1. The van der Waals surface area contributed by atoms with Crippen molar-refractivity contribution in [1.82, 2.24) is 14.7 Å². The Labute approximate surface area is 278 Å². The second kappa shape index (κ2) is 14.5. The lowest BCUT2D eigenvalue weighted by Crippen LogP contribution is -2.54. The Morgan fingerprint density at radius 2 is 1.72 bits per heavy atom. The van der Waals surface area contributed by atoms with E-state index in [1.807, 2.05) is 16.9 Å². The average molecular weight is 643 g/mol. The van der Waals surface area contributed by atoms with Crippen molar-refractivity contribution in [2.45, 2.75) is 96.3 Å². The van der Waals surface area contributed by atoms with Gasteiger partial charge in [-0.2, -0.15) is 5.10 Å². The summed E-state index contributed by atoms with van der Waals surface area (Å²) < 4.78 is 13.2. The van der Waals surface area contributed by atoms with E-state index in [1.165, 1.54) is 16.0 Å². The number of anilines is 1. The molecule has 0 bridgehead atoms. The van der Waals surface area contributed by atoms with Crippen molar-refractivity contribution in [1.29, 1.82) is 0 Å². The van der Waals surface area contributed by atoms with Crippen LogP contribution in [0.5, 0.6) is 5.75 Å². The molecule has 2 heterocycles. The highest BCUT2D eigenvalue weighted by Gasteiger charge is 2.36. The molecule has 9 heteroatoms. The molecule has 3 aliphatic rings. The molecule has 1 aliphatic heterocycles. The van der Waals surface area contributed by atoms with Crippen LogP contribution in [0.3, 0.4) is 0 Å². The van der Waals surface area contributed by atoms with Gasteiger partial charge >= 0.3 is 6.09 Å². The zero-order valence-electron chi connectivity index (χ0n) is 28.3. The van der Waals surface area contributed by atoms with Crippen molar-refractivity contribution in [3.8, 4) is 16.9 Å². The Bertz CT molecular complexity index is 1530. The van der Waals surface area contributed by atoms with E-state index in [-0.39, 0.29) is 30.1 Å². The van der Waals surface area contributed by atoms with Crippen molar-refractivity contribution in [2.24, 2.45) is 11.8 Å². The topological polar surface area (TPSA) is 97.1 Å². The molecule has 3 fully saturated rings. The number of hydrogen-bond donors (Lipinski definition) is 1. The summed E-state index contributed by atoms with van der Waals surface area (Å²) in [6.07, 6.45) is 10.1. The maximum absolute atomic E-state index is 14.4. The van der Waals surface area contributed by atoms with Crippen LogP contribution < -0.4 is 9.64 Å². The maximum atomic E-state index is 14.4. The number of aryl methyl sites for hydroxylation is 1. The van der Waals surface area contributed by atoms with E-state index in [0.29, 0.717) is 57.2 Å². The van der Waals surface area contributed by atoms with Gasteiger partial charge < -0.3 is 24.4 Å². The van der Waals surface area contributed by atoms with Crippen molar-refractivity contribution in [3.63, 3.8) is 0 Å². The highest BCUT2D eigenvalue weighted by atomic mass is 16.6. The first kappa shape index (κ1) is 33.1. The largest absolute Gasteiger partial charge is 0.496 e. The third kappa shape index (κ3) is 7.67. The summed E-state index contributed by atoms with van der Waals surface area (Å²) in [6, 6.07) is 15.2. The summed E-state index contributed by atoms with van der Waals surface area (Å²) in [7, 11) is 1.72. The third-order valence-electron chi connectivity index (χ3n) is 10.5. The summed E-state index contributed by atoms with van der Waals surface area (Å²) in [6.45, 7) is 7.70. The molecule has 6 rings (SSSR count). The first-order valence-electron chi connectivity index (χ1n) is 17.4. The zero-order valence-corrected chi connectivity index (χ0v) is 28.3. The molecule has 9 nitrogen and oxygen atoms in total. The number of aliphatic hydroxyl groups excluding tert-OH is 1. The first-order chi connectivity index (χ1) is 22.7. The minimum atomic E-state index is -0.450. The van der Waals surface area contributed by atoms with E-state index >= 15 is 0 Å². The van der Waals surface area contributed by atoms with E-state index in [1.54, 1.807) is 7.11 Å². The van der Waals surface area contributed by atoms with Crippen molar-refractivity contribution < 1.29 is 24.2 Å². The lowest BCUT2D eigenvalue weighted by atomic mass is 9.78. The van der Waals surface area contributed by atoms with E-state index in [4.69, 9.17) is 9.47 Å². The molecular weight excluding hydrogens is 592 g/mol. The summed E-state index contributed by atoms with van der Waals surface area (Å²) in [5.74, 6) is 1.94. The van der Waals surface area contributed by atoms with E-state index in [9.17, 15) is 14.7 Å². The van der Waals surface area contributed by atoms with Crippen LogP contribution in [0.15, 0.2) is 54.9 Å². The van der Waals surface area contributed by atoms with Gasteiger partial charge in [-0.15, -0.1) is 0 Å². The van der Waals surface area contributed by atoms with Gasteiger partial charge in [0.15, 0.2) is 0 Å². The van der Waals surface area contributed by atoms with Crippen LogP contribution in [0.25, 0.3) is 11.1 Å². The molecule has 2 saturated carbocycles. The fraction of sp³-hybridized carbons (Fsp3) is 0.553. The minimum Gasteiger partial charge on any atom is -0.496 e. The smallest absolute Gasteiger partial charge is 0.410 e. The predicted octanol–water partition coefficient (Wildman–Crippen LogP) is 7.13. The molecular formula is C38H50N4O5. The molecule has 252 valence electrons. The molecule has 3 aromatic rings. The van der Waals surface area contributed by atoms with Crippen LogP contribution in [0.1, 0.15) is 88.3 Å². The Balaban J connectivity index is 1.15. The highest BCUT2D eigenvalue weighted by molar-refractivity contribution is 5.95. The lowest BCUT2D eigenvalue weighted by molar-refractivity contribution is -0.124. The number of amides is 2. The molecule has 0 atom stereocenters. The Morgan fingerprint density at radius 1 is 0.979 bits per heavy atom. The van der Waals surface area contributed by atoms with Crippen LogP contribution in [0.2, 0.25) is 0 Å². The van der Waals surface area contributed by atoms with Gasteiger partial charge in [0, 0.05) is 36.0 Å². The number of benzene rings is 2. The van der Waals surface area contributed by atoms with Gasteiger partial charge in [0.1, 0.15) is 11.9 Å². The Hall–Kier alpha value is -3.85. The Kier molecular flexibility index (Phi) is 10.2. The SMILES string of the molecule is COc1ccc([C@H]2CC[C@H](CN(c3cccc(-c4cnn(C(C)C)c4)c3)C(=O)[C@H]3CC[C@H](OC(=O)N4CC(O)C4)CC3)CC2)cc1C. The number of methoxy groups -OCH3 is 1. The minimum absolute atomic E-state index is 0.109. The van der Waals surface area contributed by atoms with Crippen LogP contribution >= 0.6 is 0 Å². The second-order valence-electron chi connectivity index (χ2n) is 14.2. The second-order valence-corrected chi connectivity index (χ2v) is 14.2. The van der Waals surface area contributed by atoms with Crippen molar-refractivity contribution >= 4 is 17.7 Å². The average Bonchev–Trinajstić information content (AvgIpc) is 3.57. The summed E-state index contributed by atoms with van der Waals surface area (Å²) >= 11 is 0. The Morgan fingerprint density at radius 3 is 2.36 bits per heavy atom. The van der Waals surface area contributed by atoms with E-state index in [2.05, 4.69) is 73.4 Å². The number of aromatic nitrogens is 2. The van der Waals surface area contributed by atoms with Gasteiger partial charge in [-0.25, -0.2) is 4.79 Å². The maximum Gasteiger partial charge on any atom is 0.410 e. The van der Waals surface area contributed by atoms with E-state index in [0.717, 1.165) is 48.2 Å². The number of nitrogens with zero attached hydrogens (tertiary/aromatic N) is 4. The fourth-order valence-electron chi connectivity index (χ4n) is 7.51. The van der Waals surface area contributed by atoms with Crippen LogP contribution in [-0.2, 0) is 9.53 Å². The van der Waals surface area contributed by atoms with Crippen LogP contribution in [0.4, 0.5) is 10.5 Å². The van der Waals surface area contributed by atoms with Crippen molar-refractivity contribution in [3.05, 3.63) is 66.0 Å². The summed E-state index contributed by atoms with van der Waals surface area (Å²) in [5, 5.41) is 14.1. The standard InChI is InChI=1S/C38H50N4O5/c1-25(2)42-22-32(20-39-42)30-6-5-7-33(19-30)41(21-27-8-10-28(11-9-27)31-14-17-36(46-4)26(3)18-31)37(44)29-12-15-35(16-13-29)47-38(45)40-23-34(43)24-40/h5-7,14,17-20,22,25,27-29,34-35,43H,8-13,15-16,21,23-24H2,1-4H3/t27-,28-,29-,35-. The number of hydrogen-bond acceptors (Lipinski definition) is 6. The number of carbonyl (C=O) groups is 2. The van der Waals surface area contributed by atoms with Gasteiger partial charge in [-0.3, -0.25) is 9.48 Å². The summed E-state index contributed by atoms with van der Waals surface area (Å²) in [5.41, 5.74) is 5.58. The van der Waals surface area contributed by atoms with Gasteiger partial charge in [0.05, 0.1) is 32.5 Å². The van der Waals surface area contributed by atoms with Crippen molar-refractivity contribution in [2.75, 3.05) is 31.6 Å². The van der Waals surface area contributed by atoms with Crippen LogP contribution in [-0.4, -0.2) is 70.7 Å². The van der Waals surface area contributed by atoms with Gasteiger partial charge in [0.2, 0.25) is 5.91 Å². The summed E-state index contributed by atoms with van der Waals surface area (Å²) in [4.78, 5) is 30.4. The number of β-amino-alcohol motifs (C(OH)–C–C–N with tert-alkyl or cyclic N) is 1. The molecule has 2 aliphatic carbocycles. The molecule has 2 aromatic carbocycles. The molecule has 2 amide bonds. The molecule has 1 N–H and O–H groups in total. The normalized spacial score (nSPS) is 23.3. The quantitative estimate of drug-likeness (QED) is 0.267. The van der Waals surface area contributed by atoms with E-state index < -0.39 is 6.10 Å². The lowest BCUT2D eigenvalue weighted by Gasteiger charge is -2.38. The molecule has 0 radical (unpaired) electrons. The van der Waals surface area contributed by atoms with Gasteiger partial charge in [-0.1, -0.05) is 24.3 Å². The molecule has 1 saturated heterocycles. The first-order valence-corrected chi connectivity index (χ1v) is 17.4. The highest BCUT2D eigenvalue weighted by Crippen LogP contribution is 2.39. The number of carbonyl (C=O) groups excluding carboxylic acids is 2. The molecule has 0 unspecified atom stereocenters. The molecule has 0 spiro atoms. The number of ether oxygens (including phenoxy) is 2. The van der Waals surface area contributed by atoms with Crippen LogP contribution in [0, 0.1) is 18.8 Å². The fourth-order valence-corrected chi connectivity index (χ4v) is 7.51. The van der Waals surface area contributed by atoms with Gasteiger partial charge in [-0.05, 0) is 119 Å². The zero-order chi connectivity index (χ0) is 33.1. The molecule has 1 aromatic heterocycles.